The molecule has 0 atom stereocenters. The molecule has 1 rings (SSSR count). The molecule has 0 saturated carbocycles. The highest BCUT2D eigenvalue weighted by Gasteiger charge is 2.15. The minimum Gasteiger partial charge on any atom is -0.324 e. The summed E-state index contributed by atoms with van der Waals surface area (Å²) < 4.78 is 0. The van der Waals surface area contributed by atoms with Gasteiger partial charge in [0.15, 0.2) is 0 Å². The van der Waals surface area contributed by atoms with Gasteiger partial charge >= 0.3 is 0 Å². The van der Waals surface area contributed by atoms with Crippen LogP contribution in [0, 0.1) is 5.92 Å². The molecule has 1 aromatic rings. The van der Waals surface area contributed by atoms with Gasteiger partial charge in [0.2, 0.25) is 17.7 Å². The maximum absolute atomic E-state index is 11.4. The molecule has 3 amide bonds. The van der Waals surface area contributed by atoms with Crippen LogP contribution in [0.3, 0.4) is 0 Å². The first-order valence-electron chi connectivity index (χ1n) is 7.18. The Hall–Kier alpha value is -2.37. The van der Waals surface area contributed by atoms with Crippen molar-refractivity contribution in [1.82, 2.24) is 0 Å². The van der Waals surface area contributed by atoms with Crippen LogP contribution in [-0.2, 0) is 20.8 Å². The lowest BCUT2D eigenvalue weighted by Gasteiger charge is -2.18. The lowest BCUT2D eigenvalue weighted by molar-refractivity contribution is -0.115. The lowest BCUT2D eigenvalue weighted by atomic mass is 10.0. The van der Waals surface area contributed by atoms with Crippen molar-refractivity contribution in [3.63, 3.8) is 0 Å². The number of carbonyl (C=O) groups is 3. The van der Waals surface area contributed by atoms with Gasteiger partial charge in [-0.3, -0.25) is 14.4 Å². The van der Waals surface area contributed by atoms with Crippen molar-refractivity contribution in [3.8, 4) is 0 Å². The molecule has 0 fully saturated rings. The van der Waals surface area contributed by atoms with Crippen molar-refractivity contribution in [2.24, 2.45) is 5.92 Å². The summed E-state index contributed by atoms with van der Waals surface area (Å²) >= 11 is 0. The summed E-state index contributed by atoms with van der Waals surface area (Å²) in [6, 6.07) is 3.63. The van der Waals surface area contributed by atoms with Gasteiger partial charge in [0, 0.05) is 20.8 Å². The number of carbonyl (C=O) groups excluding carboxylic acids is 3. The molecule has 120 valence electrons. The summed E-state index contributed by atoms with van der Waals surface area (Å²) in [4.78, 5) is 34.2. The second-order valence-corrected chi connectivity index (χ2v) is 5.71. The van der Waals surface area contributed by atoms with Gasteiger partial charge in [-0.2, -0.15) is 0 Å². The van der Waals surface area contributed by atoms with E-state index in [0.29, 0.717) is 23.0 Å². The number of amides is 3. The SMILES string of the molecule is CC(=O)Nc1cc(CC(C)C)cc(NC(C)=O)c1NC(C)=O. The van der Waals surface area contributed by atoms with Crippen LogP contribution in [0.1, 0.15) is 40.2 Å². The zero-order valence-corrected chi connectivity index (χ0v) is 13.7. The molecule has 6 nitrogen and oxygen atoms in total. The van der Waals surface area contributed by atoms with E-state index in [0.717, 1.165) is 12.0 Å². The lowest BCUT2D eigenvalue weighted by Crippen LogP contribution is -2.16. The van der Waals surface area contributed by atoms with Gasteiger partial charge in [-0.05, 0) is 30.0 Å². The van der Waals surface area contributed by atoms with Gasteiger partial charge in [0.05, 0.1) is 17.1 Å². The molecule has 0 unspecified atom stereocenters. The Kier molecular flexibility index (Phi) is 6.10. The zero-order valence-electron chi connectivity index (χ0n) is 13.7. The Morgan fingerprint density at radius 3 is 1.59 bits per heavy atom. The molecular formula is C16H23N3O3. The molecule has 6 heteroatoms. The van der Waals surface area contributed by atoms with E-state index in [1.807, 2.05) is 12.1 Å². The maximum Gasteiger partial charge on any atom is 0.221 e. The van der Waals surface area contributed by atoms with Crippen molar-refractivity contribution in [3.05, 3.63) is 17.7 Å². The van der Waals surface area contributed by atoms with E-state index in [9.17, 15) is 14.4 Å². The molecule has 0 radical (unpaired) electrons. The van der Waals surface area contributed by atoms with E-state index in [1.165, 1.54) is 20.8 Å². The number of rotatable bonds is 5. The number of hydrogen-bond donors (Lipinski definition) is 3. The highest BCUT2D eigenvalue weighted by atomic mass is 16.2. The molecule has 0 bridgehead atoms. The average Bonchev–Trinajstić information content (AvgIpc) is 2.30. The van der Waals surface area contributed by atoms with Crippen LogP contribution in [0.4, 0.5) is 17.1 Å². The first-order valence-corrected chi connectivity index (χ1v) is 7.18. The van der Waals surface area contributed by atoms with Crippen molar-refractivity contribution in [2.45, 2.75) is 41.0 Å². The topological polar surface area (TPSA) is 87.3 Å². The Labute approximate surface area is 130 Å². The third-order valence-electron chi connectivity index (χ3n) is 2.76. The molecule has 0 aliphatic heterocycles. The first kappa shape index (κ1) is 17.7. The number of nitrogens with one attached hydrogen (secondary N) is 3. The smallest absolute Gasteiger partial charge is 0.221 e. The summed E-state index contributed by atoms with van der Waals surface area (Å²) in [7, 11) is 0. The summed E-state index contributed by atoms with van der Waals surface area (Å²) in [5, 5.41) is 8.07. The molecule has 0 spiro atoms. The minimum atomic E-state index is -0.283. The fourth-order valence-electron chi connectivity index (χ4n) is 2.18. The molecule has 0 aromatic heterocycles. The fourth-order valence-corrected chi connectivity index (χ4v) is 2.18. The van der Waals surface area contributed by atoms with E-state index in [-0.39, 0.29) is 17.7 Å². The number of benzene rings is 1. The molecule has 0 heterocycles. The van der Waals surface area contributed by atoms with Gasteiger partial charge < -0.3 is 16.0 Å². The van der Waals surface area contributed by atoms with Crippen LogP contribution in [-0.4, -0.2) is 17.7 Å². The first-order chi connectivity index (χ1) is 10.2. The Balaban J connectivity index is 3.41. The van der Waals surface area contributed by atoms with Gasteiger partial charge in [0.1, 0.15) is 0 Å². The summed E-state index contributed by atoms with van der Waals surface area (Å²) in [6.45, 7) is 8.32. The number of hydrogen-bond acceptors (Lipinski definition) is 3. The van der Waals surface area contributed by atoms with Crippen LogP contribution in [0.2, 0.25) is 0 Å². The van der Waals surface area contributed by atoms with Crippen LogP contribution in [0.25, 0.3) is 0 Å². The van der Waals surface area contributed by atoms with Gasteiger partial charge in [-0.15, -0.1) is 0 Å². The fraction of sp³-hybridized carbons (Fsp3) is 0.438. The zero-order chi connectivity index (χ0) is 16.9. The van der Waals surface area contributed by atoms with E-state index in [1.54, 1.807) is 0 Å². The average molecular weight is 305 g/mol. The molecule has 0 aliphatic rings. The second kappa shape index (κ2) is 7.59. The third kappa shape index (κ3) is 5.55. The number of anilines is 3. The standard InChI is InChI=1S/C16H23N3O3/c1-9(2)6-13-7-14(17-10(3)20)16(19-12(5)22)15(8-13)18-11(4)21/h7-9H,6H2,1-5H3,(H,17,20)(H,18,21)(H,19,22). The van der Waals surface area contributed by atoms with E-state index < -0.39 is 0 Å². The van der Waals surface area contributed by atoms with Crippen molar-refractivity contribution < 1.29 is 14.4 Å². The Morgan fingerprint density at radius 2 is 1.27 bits per heavy atom. The van der Waals surface area contributed by atoms with Crippen LogP contribution < -0.4 is 16.0 Å². The predicted molar refractivity (Wildman–Crippen MR) is 87.9 cm³/mol. The maximum atomic E-state index is 11.4. The van der Waals surface area contributed by atoms with Gasteiger partial charge in [-0.25, -0.2) is 0 Å². The van der Waals surface area contributed by atoms with Gasteiger partial charge in [-0.1, -0.05) is 13.8 Å². The highest BCUT2D eigenvalue weighted by molar-refractivity contribution is 6.05. The van der Waals surface area contributed by atoms with Crippen molar-refractivity contribution in [1.29, 1.82) is 0 Å². The predicted octanol–water partition coefficient (Wildman–Crippen LogP) is 2.76. The molecule has 0 aliphatic carbocycles. The molecule has 3 N–H and O–H groups in total. The van der Waals surface area contributed by atoms with Crippen LogP contribution in [0.5, 0.6) is 0 Å². The summed E-state index contributed by atoms with van der Waals surface area (Å²) in [5.41, 5.74) is 2.32. The molecular weight excluding hydrogens is 282 g/mol. The van der Waals surface area contributed by atoms with Crippen molar-refractivity contribution >= 4 is 34.8 Å². The monoisotopic (exact) mass is 305 g/mol. The van der Waals surface area contributed by atoms with E-state index >= 15 is 0 Å². The second-order valence-electron chi connectivity index (χ2n) is 5.71. The van der Waals surface area contributed by atoms with E-state index in [4.69, 9.17) is 0 Å². The normalized spacial score (nSPS) is 10.3. The third-order valence-corrected chi connectivity index (χ3v) is 2.76. The molecule has 22 heavy (non-hydrogen) atoms. The van der Waals surface area contributed by atoms with Crippen molar-refractivity contribution in [2.75, 3.05) is 16.0 Å². The van der Waals surface area contributed by atoms with Crippen LogP contribution in [0.15, 0.2) is 12.1 Å². The largest absolute Gasteiger partial charge is 0.324 e. The van der Waals surface area contributed by atoms with E-state index in [2.05, 4.69) is 29.8 Å². The highest BCUT2D eigenvalue weighted by Crippen LogP contribution is 2.33. The summed E-state index contributed by atoms with van der Waals surface area (Å²) in [6.07, 6.45) is 0.791. The molecule has 0 saturated heterocycles. The Morgan fingerprint density at radius 1 is 0.864 bits per heavy atom. The van der Waals surface area contributed by atoms with Crippen LogP contribution >= 0.6 is 0 Å². The Bertz CT molecular complexity index is 557. The molecule has 1 aromatic carbocycles. The minimum absolute atomic E-state index is 0.248. The summed E-state index contributed by atoms with van der Waals surface area (Å²) in [5.74, 6) is -0.360. The van der Waals surface area contributed by atoms with Gasteiger partial charge in [0.25, 0.3) is 0 Å². The quantitative estimate of drug-likeness (QED) is 0.781.